The van der Waals surface area contributed by atoms with Crippen LogP contribution in [0.5, 0.6) is 0 Å². The third-order valence-corrected chi connectivity index (χ3v) is 5.59. The van der Waals surface area contributed by atoms with Crippen LogP contribution in [0.1, 0.15) is 143 Å². The molecule has 0 aromatic heterocycles. The van der Waals surface area contributed by atoms with Crippen LogP contribution in [0.25, 0.3) is 0 Å². The molecule has 0 aromatic rings. The van der Waals surface area contributed by atoms with Crippen molar-refractivity contribution in [1.82, 2.24) is 0 Å². The molecule has 0 radical (unpaired) electrons. The Morgan fingerprint density at radius 2 is 1.00 bits per heavy atom. The molecule has 1 atom stereocenters. The van der Waals surface area contributed by atoms with Gasteiger partial charge in [-0.1, -0.05) is 124 Å². The Kier molecular flexibility index (Phi) is 26.4. The third kappa shape index (κ3) is 22.6. The summed E-state index contributed by atoms with van der Waals surface area (Å²) in [6, 6.07) is 0. The molecule has 0 saturated heterocycles. The topological polar surface area (TPSA) is 43.4 Å². The van der Waals surface area contributed by atoms with E-state index in [-0.39, 0.29) is 47.4 Å². The van der Waals surface area contributed by atoms with Crippen LogP contribution >= 0.6 is 0 Å². The van der Waals surface area contributed by atoms with Gasteiger partial charge in [-0.05, 0) is 12.8 Å². The zero-order valence-corrected chi connectivity index (χ0v) is 19.2. The normalized spacial score (nSPS) is 11.7. The summed E-state index contributed by atoms with van der Waals surface area (Å²) < 4.78 is 5.03. The van der Waals surface area contributed by atoms with Crippen molar-refractivity contribution >= 4 is 41.5 Å². The first-order chi connectivity index (χ1) is 13.6. The molecule has 29 heavy (non-hydrogen) atoms. The standard InChI is InChI=1S/C25H48O3.Na.H/c1-4-6-8-10-12-14-16-18-20-22-24(26)28-25(27)23(3)21-19-17-15-13-11-9-7-5-2;;/h23H,4-22H2,1-3H3;;. The molecule has 0 rings (SSSR count). The summed E-state index contributed by atoms with van der Waals surface area (Å²) in [7, 11) is 0. The van der Waals surface area contributed by atoms with Crippen molar-refractivity contribution in [1.29, 1.82) is 0 Å². The molecule has 0 aliphatic carbocycles. The fraction of sp³-hybridized carbons (Fsp3) is 0.920. The molecule has 0 aromatic carbocycles. The number of hydrogen-bond donors (Lipinski definition) is 0. The molecule has 0 saturated carbocycles. The predicted molar refractivity (Wildman–Crippen MR) is 126 cm³/mol. The maximum absolute atomic E-state index is 12.0. The van der Waals surface area contributed by atoms with E-state index >= 15 is 0 Å². The first kappa shape index (κ1) is 31.3. The van der Waals surface area contributed by atoms with E-state index in [9.17, 15) is 9.59 Å². The van der Waals surface area contributed by atoms with Crippen molar-refractivity contribution in [2.75, 3.05) is 0 Å². The molecule has 0 aliphatic rings. The second-order valence-electron chi connectivity index (χ2n) is 8.54. The summed E-state index contributed by atoms with van der Waals surface area (Å²) in [6.45, 7) is 6.36. The summed E-state index contributed by atoms with van der Waals surface area (Å²) in [6.07, 6.45) is 22.3. The first-order valence-corrected chi connectivity index (χ1v) is 12.4. The number of ether oxygens (including phenoxy) is 1. The van der Waals surface area contributed by atoms with Gasteiger partial charge in [0.15, 0.2) is 0 Å². The molecule has 0 N–H and O–H groups in total. The summed E-state index contributed by atoms with van der Waals surface area (Å²) in [5.41, 5.74) is 0. The van der Waals surface area contributed by atoms with Crippen LogP contribution in [-0.4, -0.2) is 41.5 Å². The minimum atomic E-state index is -0.337. The summed E-state index contributed by atoms with van der Waals surface area (Å²) >= 11 is 0. The van der Waals surface area contributed by atoms with Gasteiger partial charge in [0.05, 0.1) is 5.92 Å². The quantitative estimate of drug-likeness (QED) is 0.0886. The first-order valence-electron chi connectivity index (χ1n) is 12.4. The van der Waals surface area contributed by atoms with Gasteiger partial charge in [-0.3, -0.25) is 9.59 Å². The maximum atomic E-state index is 12.0. The van der Waals surface area contributed by atoms with Crippen LogP contribution in [0.4, 0.5) is 0 Å². The zero-order chi connectivity index (χ0) is 20.9. The molecular formula is C25H49NaO3. The molecule has 0 spiro atoms. The Labute approximate surface area is 203 Å². The number of unbranched alkanes of at least 4 members (excludes halogenated alkanes) is 15. The van der Waals surface area contributed by atoms with E-state index in [0.717, 1.165) is 25.7 Å². The average molecular weight is 421 g/mol. The van der Waals surface area contributed by atoms with Crippen LogP contribution < -0.4 is 0 Å². The number of hydrogen-bond acceptors (Lipinski definition) is 3. The number of carbonyl (C=O) groups is 2. The molecule has 3 nitrogen and oxygen atoms in total. The molecular weight excluding hydrogens is 371 g/mol. The molecule has 0 amide bonds. The number of esters is 2. The van der Waals surface area contributed by atoms with E-state index < -0.39 is 0 Å². The van der Waals surface area contributed by atoms with Gasteiger partial charge in [0.25, 0.3) is 0 Å². The molecule has 0 aliphatic heterocycles. The van der Waals surface area contributed by atoms with Crippen LogP contribution in [0.3, 0.4) is 0 Å². The van der Waals surface area contributed by atoms with Crippen molar-refractivity contribution in [2.45, 2.75) is 143 Å². The van der Waals surface area contributed by atoms with Gasteiger partial charge >= 0.3 is 41.5 Å². The SMILES string of the molecule is CCCCCCCCCCCC(=O)OC(=O)C(C)CCCCCCCCCC.[NaH]. The minimum absolute atomic E-state index is 0. The Morgan fingerprint density at radius 3 is 1.45 bits per heavy atom. The van der Waals surface area contributed by atoms with Gasteiger partial charge in [-0.25, -0.2) is 0 Å². The van der Waals surface area contributed by atoms with Crippen LogP contribution in [-0.2, 0) is 14.3 Å². The Morgan fingerprint density at radius 1 is 0.621 bits per heavy atom. The molecule has 0 heterocycles. The van der Waals surface area contributed by atoms with E-state index in [4.69, 9.17) is 4.74 Å². The summed E-state index contributed by atoms with van der Waals surface area (Å²) in [5.74, 6) is -0.827. The molecule has 0 bridgehead atoms. The number of rotatable bonds is 20. The van der Waals surface area contributed by atoms with E-state index in [1.54, 1.807) is 0 Å². The second-order valence-corrected chi connectivity index (χ2v) is 8.54. The number of carbonyl (C=O) groups excluding carboxylic acids is 2. The van der Waals surface area contributed by atoms with Crippen molar-refractivity contribution in [3.8, 4) is 0 Å². The Hall–Kier alpha value is 0.140. The second kappa shape index (κ2) is 24.4. The summed E-state index contributed by atoms with van der Waals surface area (Å²) in [4.78, 5) is 23.8. The van der Waals surface area contributed by atoms with Crippen molar-refractivity contribution in [3.63, 3.8) is 0 Å². The van der Waals surface area contributed by atoms with Crippen molar-refractivity contribution < 1.29 is 14.3 Å². The van der Waals surface area contributed by atoms with Gasteiger partial charge in [-0.2, -0.15) is 0 Å². The van der Waals surface area contributed by atoms with Crippen molar-refractivity contribution in [3.05, 3.63) is 0 Å². The van der Waals surface area contributed by atoms with Gasteiger partial charge in [0.2, 0.25) is 0 Å². The van der Waals surface area contributed by atoms with E-state index in [0.29, 0.717) is 6.42 Å². The van der Waals surface area contributed by atoms with E-state index in [1.165, 1.54) is 89.9 Å². The molecule has 4 heteroatoms. The van der Waals surface area contributed by atoms with Gasteiger partial charge in [0, 0.05) is 6.42 Å². The van der Waals surface area contributed by atoms with Gasteiger partial charge < -0.3 is 4.74 Å². The van der Waals surface area contributed by atoms with Gasteiger partial charge in [0.1, 0.15) is 0 Å². The fourth-order valence-electron chi connectivity index (χ4n) is 3.55. The predicted octanol–water partition coefficient (Wildman–Crippen LogP) is 7.50. The Balaban J connectivity index is 0. The molecule has 168 valence electrons. The van der Waals surface area contributed by atoms with Crippen LogP contribution in [0.2, 0.25) is 0 Å². The average Bonchev–Trinajstić information content (AvgIpc) is 2.68. The molecule has 0 fully saturated rings. The van der Waals surface area contributed by atoms with Crippen LogP contribution in [0.15, 0.2) is 0 Å². The molecule has 1 unspecified atom stereocenters. The van der Waals surface area contributed by atoms with E-state index in [1.807, 2.05) is 6.92 Å². The van der Waals surface area contributed by atoms with Gasteiger partial charge in [-0.15, -0.1) is 0 Å². The van der Waals surface area contributed by atoms with Crippen molar-refractivity contribution in [2.24, 2.45) is 5.92 Å². The Bertz CT molecular complexity index is 371. The summed E-state index contributed by atoms with van der Waals surface area (Å²) in [5, 5.41) is 0. The fourth-order valence-corrected chi connectivity index (χ4v) is 3.55. The van der Waals surface area contributed by atoms with E-state index in [2.05, 4.69) is 13.8 Å². The zero-order valence-electron chi connectivity index (χ0n) is 19.2. The van der Waals surface area contributed by atoms with Crippen LogP contribution in [0, 0.1) is 5.92 Å². The third-order valence-electron chi connectivity index (χ3n) is 5.59. The monoisotopic (exact) mass is 420 g/mol.